The lowest BCUT2D eigenvalue weighted by Crippen LogP contribution is -2.24. The molecule has 1 aliphatic rings. The van der Waals surface area contributed by atoms with E-state index in [1.165, 1.54) is 12.1 Å². The number of hydrogen-bond donors (Lipinski definition) is 1. The Morgan fingerprint density at radius 3 is 2.80 bits per heavy atom. The first kappa shape index (κ1) is 13.9. The molecule has 0 saturated carbocycles. The van der Waals surface area contributed by atoms with Crippen LogP contribution in [0, 0.1) is 5.82 Å². The van der Waals surface area contributed by atoms with Crippen molar-refractivity contribution in [2.75, 3.05) is 0 Å². The molecule has 0 amide bonds. The van der Waals surface area contributed by atoms with Gasteiger partial charge in [0.25, 0.3) is 0 Å². The quantitative estimate of drug-likeness (QED) is 0.799. The molecule has 20 heavy (non-hydrogen) atoms. The monoisotopic (exact) mass is 355 g/mol. The van der Waals surface area contributed by atoms with Gasteiger partial charge in [-0.1, -0.05) is 27.5 Å². The van der Waals surface area contributed by atoms with Crippen LogP contribution in [0.5, 0.6) is 5.75 Å². The van der Waals surface area contributed by atoms with Crippen molar-refractivity contribution in [2.24, 2.45) is 5.73 Å². The third-order valence-corrected chi connectivity index (χ3v) is 4.37. The predicted molar refractivity (Wildman–Crippen MR) is 80.5 cm³/mol. The van der Waals surface area contributed by atoms with E-state index in [9.17, 15) is 4.39 Å². The maximum Gasteiger partial charge on any atom is 0.127 e. The van der Waals surface area contributed by atoms with Crippen LogP contribution >= 0.6 is 27.5 Å². The average Bonchev–Trinajstić information content (AvgIpc) is 2.42. The van der Waals surface area contributed by atoms with Crippen molar-refractivity contribution in [2.45, 2.75) is 18.6 Å². The first-order valence-electron chi connectivity index (χ1n) is 6.21. The molecular formula is C15H12BrClFNO. The van der Waals surface area contributed by atoms with Gasteiger partial charge in [0.1, 0.15) is 17.7 Å². The third kappa shape index (κ3) is 2.55. The molecule has 1 heterocycles. The number of halogens is 3. The highest BCUT2D eigenvalue weighted by Crippen LogP contribution is 2.42. The lowest BCUT2D eigenvalue weighted by Gasteiger charge is -2.31. The first-order valence-corrected chi connectivity index (χ1v) is 7.38. The number of benzene rings is 2. The second-order valence-corrected chi connectivity index (χ2v) is 6.09. The summed E-state index contributed by atoms with van der Waals surface area (Å²) in [6, 6.07) is 9.76. The molecule has 0 aliphatic carbocycles. The number of fused-ring (bicyclic) bond motifs is 1. The van der Waals surface area contributed by atoms with Crippen LogP contribution in [0.4, 0.5) is 4.39 Å². The lowest BCUT2D eigenvalue weighted by molar-refractivity contribution is 0.160. The third-order valence-electron chi connectivity index (χ3n) is 3.41. The van der Waals surface area contributed by atoms with E-state index >= 15 is 0 Å². The molecule has 2 atom stereocenters. The van der Waals surface area contributed by atoms with Crippen LogP contribution in [0.25, 0.3) is 0 Å². The highest BCUT2D eigenvalue weighted by atomic mass is 79.9. The zero-order chi connectivity index (χ0) is 14.3. The van der Waals surface area contributed by atoms with E-state index in [2.05, 4.69) is 15.9 Å². The fourth-order valence-electron chi connectivity index (χ4n) is 2.43. The number of rotatable bonds is 1. The summed E-state index contributed by atoms with van der Waals surface area (Å²) in [7, 11) is 0. The van der Waals surface area contributed by atoms with E-state index in [0.717, 1.165) is 15.6 Å². The van der Waals surface area contributed by atoms with Crippen LogP contribution in [0.2, 0.25) is 5.02 Å². The Kier molecular flexibility index (Phi) is 3.71. The minimum atomic E-state index is -0.290. The van der Waals surface area contributed by atoms with Gasteiger partial charge in [-0.3, -0.25) is 0 Å². The van der Waals surface area contributed by atoms with Crippen molar-refractivity contribution in [3.63, 3.8) is 0 Å². The molecule has 1 unspecified atom stereocenters. The Morgan fingerprint density at radius 1 is 1.20 bits per heavy atom. The second kappa shape index (κ2) is 5.35. The van der Waals surface area contributed by atoms with Crippen molar-refractivity contribution in [1.29, 1.82) is 0 Å². The van der Waals surface area contributed by atoms with Crippen molar-refractivity contribution < 1.29 is 9.13 Å². The molecule has 0 spiro atoms. The normalized spacial score (nSPS) is 21.2. The Labute approximate surface area is 129 Å². The summed E-state index contributed by atoms with van der Waals surface area (Å²) in [5, 5.41) is 0.633. The second-order valence-electron chi connectivity index (χ2n) is 4.80. The van der Waals surface area contributed by atoms with E-state index in [-0.39, 0.29) is 18.0 Å². The molecular weight excluding hydrogens is 345 g/mol. The number of ether oxygens (including phenoxy) is 1. The summed E-state index contributed by atoms with van der Waals surface area (Å²) in [6.07, 6.45) is 0.304. The molecule has 0 saturated heterocycles. The van der Waals surface area contributed by atoms with Crippen LogP contribution in [-0.4, -0.2) is 0 Å². The standard InChI is InChI=1S/C15H12BrClFNO/c16-12-3-2-9(18)6-10(12)15-7-13(19)11-5-8(17)1-4-14(11)20-15/h1-6,13,15H,7,19H2/t13-,15?/m0/s1. The van der Waals surface area contributed by atoms with Gasteiger partial charge in [-0.05, 0) is 36.4 Å². The van der Waals surface area contributed by atoms with Gasteiger partial charge in [0.05, 0.1) is 0 Å². The Morgan fingerprint density at radius 2 is 2.00 bits per heavy atom. The fourth-order valence-corrected chi connectivity index (χ4v) is 3.11. The highest BCUT2D eigenvalue weighted by Gasteiger charge is 2.28. The van der Waals surface area contributed by atoms with Crippen LogP contribution in [0.15, 0.2) is 40.9 Å². The summed E-state index contributed by atoms with van der Waals surface area (Å²) >= 11 is 9.40. The molecule has 2 nitrogen and oxygen atoms in total. The molecule has 0 aromatic heterocycles. The van der Waals surface area contributed by atoms with Gasteiger partial charge < -0.3 is 10.5 Å². The molecule has 2 aromatic carbocycles. The zero-order valence-corrected chi connectivity index (χ0v) is 12.8. The molecule has 2 N–H and O–H groups in total. The van der Waals surface area contributed by atoms with E-state index in [0.29, 0.717) is 17.2 Å². The van der Waals surface area contributed by atoms with E-state index in [1.54, 1.807) is 18.2 Å². The minimum absolute atomic E-state index is 0.183. The summed E-state index contributed by atoms with van der Waals surface area (Å²) in [4.78, 5) is 0. The zero-order valence-electron chi connectivity index (χ0n) is 10.4. The van der Waals surface area contributed by atoms with Crippen LogP contribution < -0.4 is 10.5 Å². The van der Waals surface area contributed by atoms with E-state index in [1.807, 2.05) is 6.07 Å². The van der Waals surface area contributed by atoms with Crippen molar-refractivity contribution in [3.05, 3.63) is 62.8 Å². The summed E-state index contributed by atoms with van der Waals surface area (Å²) in [5.74, 6) is 0.414. The summed E-state index contributed by atoms with van der Waals surface area (Å²) < 4.78 is 20.2. The SMILES string of the molecule is N[C@H]1CC(c2cc(F)ccc2Br)Oc2ccc(Cl)cc21. The molecule has 3 rings (SSSR count). The van der Waals surface area contributed by atoms with E-state index < -0.39 is 0 Å². The number of nitrogens with two attached hydrogens (primary N) is 1. The molecule has 0 fully saturated rings. The molecule has 5 heteroatoms. The summed E-state index contributed by atoms with van der Waals surface area (Å²) in [5.41, 5.74) is 7.84. The van der Waals surface area contributed by atoms with Gasteiger partial charge in [-0.25, -0.2) is 4.39 Å². The maximum absolute atomic E-state index is 13.4. The highest BCUT2D eigenvalue weighted by molar-refractivity contribution is 9.10. The topological polar surface area (TPSA) is 35.2 Å². The molecule has 2 aromatic rings. The van der Waals surface area contributed by atoms with Crippen LogP contribution in [0.3, 0.4) is 0 Å². The molecule has 104 valence electrons. The summed E-state index contributed by atoms with van der Waals surface area (Å²) in [6.45, 7) is 0. The fraction of sp³-hybridized carbons (Fsp3) is 0.200. The van der Waals surface area contributed by atoms with Gasteiger partial charge in [0, 0.05) is 33.1 Å². The smallest absolute Gasteiger partial charge is 0.127 e. The first-order chi connectivity index (χ1) is 9.54. The van der Waals surface area contributed by atoms with Gasteiger partial charge in [0.15, 0.2) is 0 Å². The Balaban J connectivity index is 1.99. The van der Waals surface area contributed by atoms with Crippen LogP contribution in [0.1, 0.15) is 29.7 Å². The predicted octanol–water partition coefficient (Wildman–Crippen LogP) is 4.77. The van der Waals surface area contributed by atoms with Gasteiger partial charge in [-0.2, -0.15) is 0 Å². The molecule has 0 radical (unpaired) electrons. The van der Waals surface area contributed by atoms with Gasteiger partial charge in [0.2, 0.25) is 0 Å². The Bertz CT molecular complexity index is 664. The van der Waals surface area contributed by atoms with Crippen molar-refractivity contribution in [1.82, 2.24) is 0 Å². The maximum atomic E-state index is 13.4. The molecule has 0 bridgehead atoms. The lowest BCUT2D eigenvalue weighted by atomic mass is 9.93. The Hall–Kier alpha value is -1.10. The van der Waals surface area contributed by atoms with Crippen LogP contribution in [-0.2, 0) is 0 Å². The van der Waals surface area contributed by atoms with Crippen molar-refractivity contribution in [3.8, 4) is 5.75 Å². The minimum Gasteiger partial charge on any atom is -0.485 e. The van der Waals surface area contributed by atoms with E-state index in [4.69, 9.17) is 22.1 Å². The molecule has 1 aliphatic heterocycles. The van der Waals surface area contributed by atoms with Gasteiger partial charge >= 0.3 is 0 Å². The number of hydrogen-bond acceptors (Lipinski definition) is 2. The average molecular weight is 357 g/mol. The largest absolute Gasteiger partial charge is 0.485 e. The van der Waals surface area contributed by atoms with Crippen molar-refractivity contribution >= 4 is 27.5 Å². The van der Waals surface area contributed by atoms with Gasteiger partial charge in [-0.15, -0.1) is 0 Å².